The van der Waals surface area contributed by atoms with Crippen molar-refractivity contribution in [2.24, 2.45) is 0 Å². The molecule has 1 aromatic carbocycles. The second-order valence-corrected chi connectivity index (χ2v) is 6.04. The van der Waals surface area contributed by atoms with E-state index in [1.165, 1.54) is 4.90 Å². The molecule has 0 aliphatic carbocycles. The second-order valence-electron chi connectivity index (χ2n) is 5.01. The first-order valence-electron chi connectivity index (χ1n) is 7.01. The Bertz CT molecular complexity index is 684. The fourth-order valence-corrected chi connectivity index (χ4v) is 2.96. The number of amides is 2. The molecule has 1 aliphatic rings. The molecule has 2 amide bonds. The van der Waals surface area contributed by atoms with Gasteiger partial charge in [0, 0.05) is 4.88 Å². The number of rotatable bonds is 4. The molecule has 2 aromatic rings. The topological polar surface area (TPSA) is 58.6 Å². The van der Waals surface area contributed by atoms with Crippen LogP contribution in [-0.2, 0) is 16.1 Å². The molecule has 5 nitrogen and oxygen atoms in total. The van der Waals surface area contributed by atoms with Crippen LogP contribution in [0.25, 0.3) is 0 Å². The highest BCUT2D eigenvalue weighted by Gasteiger charge is 2.32. The molecular weight excluding hydrogens is 300 g/mol. The number of carbonyl (C=O) groups is 2. The third-order valence-electron chi connectivity index (χ3n) is 3.42. The van der Waals surface area contributed by atoms with Crippen molar-refractivity contribution >= 4 is 28.8 Å². The van der Waals surface area contributed by atoms with E-state index in [1.807, 2.05) is 29.6 Å². The lowest BCUT2D eigenvalue weighted by atomic mass is 10.2. The molecular formula is C16H16N2O3S. The summed E-state index contributed by atoms with van der Waals surface area (Å²) in [6, 6.07) is 11.1. The van der Waals surface area contributed by atoms with Gasteiger partial charge in [0.15, 0.2) is 6.10 Å². The lowest BCUT2D eigenvalue weighted by Crippen LogP contribution is -2.48. The number of hydrogen-bond donors (Lipinski definition) is 1. The van der Waals surface area contributed by atoms with Crippen LogP contribution in [0.1, 0.15) is 11.8 Å². The van der Waals surface area contributed by atoms with Crippen molar-refractivity contribution in [2.45, 2.75) is 19.6 Å². The molecule has 1 atom stereocenters. The predicted molar refractivity (Wildman–Crippen MR) is 85.1 cm³/mol. The summed E-state index contributed by atoms with van der Waals surface area (Å²) in [6.45, 7) is 2.16. The number of thiophene rings is 1. The van der Waals surface area contributed by atoms with Gasteiger partial charge in [-0.15, -0.1) is 11.3 Å². The number of para-hydroxylation sites is 2. The molecule has 0 fully saturated rings. The van der Waals surface area contributed by atoms with Crippen LogP contribution in [0.15, 0.2) is 41.8 Å². The molecule has 1 aromatic heterocycles. The molecule has 2 heterocycles. The van der Waals surface area contributed by atoms with Gasteiger partial charge in [0.1, 0.15) is 12.3 Å². The van der Waals surface area contributed by atoms with Crippen LogP contribution in [-0.4, -0.2) is 24.5 Å². The van der Waals surface area contributed by atoms with Crippen LogP contribution < -0.4 is 15.0 Å². The fourth-order valence-electron chi connectivity index (χ4n) is 2.32. The van der Waals surface area contributed by atoms with Crippen LogP contribution in [0, 0.1) is 0 Å². The molecule has 3 rings (SSSR count). The average molecular weight is 316 g/mol. The molecule has 0 radical (unpaired) electrons. The normalized spacial score (nSPS) is 16.9. The Kier molecular flexibility index (Phi) is 4.11. The molecule has 0 unspecified atom stereocenters. The van der Waals surface area contributed by atoms with Crippen LogP contribution in [0.4, 0.5) is 5.69 Å². The first kappa shape index (κ1) is 14.6. The van der Waals surface area contributed by atoms with Gasteiger partial charge in [-0.1, -0.05) is 18.2 Å². The standard InChI is InChI=1S/C16H16N2O3S/c1-11-16(20)18(13-6-2-3-7-14(13)21-11)10-15(19)17-9-12-5-4-8-22-12/h2-8,11H,9-10H2,1H3,(H,17,19)/t11-/m0/s1. The number of benzene rings is 1. The summed E-state index contributed by atoms with van der Waals surface area (Å²) >= 11 is 1.59. The number of hydrogen-bond acceptors (Lipinski definition) is 4. The Morgan fingerprint density at radius 1 is 1.32 bits per heavy atom. The smallest absolute Gasteiger partial charge is 0.268 e. The van der Waals surface area contributed by atoms with Crippen LogP contribution in [0.2, 0.25) is 0 Å². The van der Waals surface area contributed by atoms with E-state index in [9.17, 15) is 9.59 Å². The highest BCUT2D eigenvalue weighted by atomic mass is 32.1. The minimum absolute atomic E-state index is 0.00504. The number of fused-ring (bicyclic) bond motifs is 1. The number of ether oxygens (including phenoxy) is 1. The predicted octanol–water partition coefficient (Wildman–Crippen LogP) is 2.18. The minimum Gasteiger partial charge on any atom is -0.479 e. The van der Waals surface area contributed by atoms with Crippen molar-refractivity contribution in [3.8, 4) is 5.75 Å². The molecule has 114 valence electrons. The van der Waals surface area contributed by atoms with Gasteiger partial charge in [-0.25, -0.2) is 0 Å². The van der Waals surface area contributed by atoms with E-state index in [2.05, 4.69) is 5.32 Å². The first-order valence-corrected chi connectivity index (χ1v) is 7.89. The largest absolute Gasteiger partial charge is 0.479 e. The number of nitrogens with zero attached hydrogens (tertiary/aromatic N) is 1. The maximum Gasteiger partial charge on any atom is 0.268 e. The van der Waals surface area contributed by atoms with Gasteiger partial charge in [-0.2, -0.15) is 0 Å². The zero-order valence-corrected chi connectivity index (χ0v) is 12.9. The monoisotopic (exact) mass is 316 g/mol. The van der Waals surface area contributed by atoms with E-state index < -0.39 is 6.10 Å². The third-order valence-corrected chi connectivity index (χ3v) is 4.29. The molecule has 22 heavy (non-hydrogen) atoms. The summed E-state index contributed by atoms with van der Waals surface area (Å²) in [4.78, 5) is 27.0. The highest BCUT2D eigenvalue weighted by Crippen LogP contribution is 2.33. The van der Waals surface area contributed by atoms with Gasteiger partial charge in [0.05, 0.1) is 12.2 Å². The Morgan fingerprint density at radius 2 is 2.14 bits per heavy atom. The van der Waals surface area contributed by atoms with Crippen molar-refractivity contribution < 1.29 is 14.3 Å². The zero-order valence-electron chi connectivity index (χ0n) is 12.1. The Labute approximate surface area is 132 Å². The third kappa shape index (κ3) is 2.96. The van der Waals surface area contributed by atoms with E-state index in [0.29, 0.717) is 18.0 Å². The van der Waals surface area contributed by atoms with Crippen molar-refractivity contribution in [3.05, 3.63) is 46.7 Å². The lowest BCUT2D eigenvalue weighted by Gasteiger charge is -2.32. The van der Waals surface area contributed by atoms with Gasteiger partial charge in [-0.05, 0) is 30.5 Å². The van der Waals surface area contributed by atoms with Crippen molar-refractivity contribution in [2.75, 3.05) is 11.4 Å². The quantitative estimate of drug-likeness (QED) is 0.940. The van der Waals surface area contributed by atoms with Gasteiger partial charge < -0.3 is 10.1 Å². The molecule has 0 spiro atoms. The van der Waals surface area contributed by atoms with Gasteiger partial charge in [0.25, 0.3) is 5.91 Å². The van der Waals surface area contributed by atoms with E-state index in [4.69, 9.17) is 4.74 Å². The molecule has 1 aliphatic heterocycles. The minimum atomic E-state index is -0.583. The van der Waals surface area contributed by atoms with Gasteiger partial charge >= 0.3 is 0 Å². The Hall–Kier alpha value is -2.34. The van der Waals surface area contributed by atoms with Crippen molar-refractivity contribution in [1.29, 1.82) is 0 Å². The van der Waals surface area contributed by atoms with Crippen molar-refractivity contribution in [3.63, 3.8) is 0 Å². The van der Waals surface area contributed by atoms with Crippen LogP contribution >= 0.6 is 11.3 Å². The van der Waals surface area contributed by atoms with E-state index in [0.717, 1.165) is 4.88 Å². The fraction of sp³-hybridized carbons (Fsp3) is 0.250. The summed E-state index contributed by atoms with van der Waals surface area (Å²) < 4.78 is 5.55. The van der Waals surface area contributed by atoms with Crippen LogP contribution in [0.5, 0.6) is 5.75 Å². The number of carbonyl (C=O) groups excluding carboxylic acids is 2. The maximum atomic E-state index is 12.3. The van der Waals surface area contributed by atoms with Gasteiger partial charge in [0.2, 0.25) is 5.91 Å². The van der Waals surface area contributed by atoms with Crippen molar-refractivity contribution in [1.82, 2.24) is 5.32 Å². The van der Waals surface area contributed by atoms with E-state index in [1.54, 1.807) is 30.4 Å². The average Bonchev–Trinajstić information content (AvgIpc) is 3.03. The number of nitrogens with one attached hydrogen (secondary N) is 1. The second kappa shape index (κ2) is 6.19. The number of anilines is 1. The molecule has 1 N–H and O–H groups in total. The molecule has 0 bridgehead atoms. The highest BCUT2D eigenvalue weighted by molar-refractivity contribution is 7.09. The lowest BCUT2D eigenvalue weighted by molar-refractivity contribution is -0.128. The molecule has 6 heteroatoms. The summed E-state index contributed by atoms with van der Waals surface area (Å²) in [7, 11) is 0. The summed E-state index contributed by atoms with van der Waals surface area (Å²) in [6.07, 6.45) is -0.583. The Balaban J connectivity index is 1.70. The summed E-state index contributed by atoms with van der Waals surface area (Å²) in [5.41, 5.74) is 0.636. The molecule has 0 saturated heterocycles. The maximum absolute atomic E-state index is 12.3. The SMILES string of the molecule is C[C@@H]1Oc2ccccc2N(CC(=O)NCc2cccs2)C1=O. The molecule has 0 saturated carbocycles. The summed E-state index contributed by atoms with van der Waals surface area (Å²) in [5, 5.41) is 4.80. The summed E-state index contributed by atoms with van der Waals surface area (Å²) in [5.74, 6) is 0.233. The van der Waals surface area contributed by atoms with E-state index in [-0.39, 0.29) is 18.4 Å². The first-order chi connectivity index (χ1) is 10.6. The van der Waals surface area contributed by atoms with Crippen LogP contribution in [0.3, 0.4) is 0 Å². The Morgan fingerprint density at radius 3 is 2.91 bits per heavy atom. The van der Waals surface area contributed by atoms with Gasteiger partial charge in [-0.3, -0.25) is 14.5 Å². The van der Waals surface area contributed by atoms with E-state index >= 15 is 0 Å². The zero-order chi connectivity index (χ0) is 15.5.